The van der Waals surface area contributed by atoms with Crippen LogP contribution in [0.3, 0.4) is 0 Å². The van der Waals surface area contributed by atoms with Crippen molar-refractivity contribution in [3.05, 3.63) is 54.2 Å². The lowest BCUT2D eigenvalue weighted by atomic mass is 10.1. The summed E-state index contributed by atoms with van der Waals surface area (Å²) in [6.45, 7) is 0. The van der Waals surface area contributed by atoms with Gasteiger partial charge in [-0.05, 0) is 30.3 Å². The minimum Gasteiger partial charge on any atom is -0.497 e. The molecule has 0 aliphatic heterocycles. The molecule has 1 aromatic heterocycles. The molecule has 1 N–H and O–H groups in total. The summed E-state index contributed by atoms with van der Waals surface area (Å²) in [5.41, 5.74) is 3.99. The molecule has 0 fully saturated rings. The smallest absolute Gasteiger partial charge is 0.120 e. The van der Waals surface area contributed by atoms with Gasteiger partial charge in [0, 0.05) is 43.1 Å². The summed E-state index contributed by atoms with van der Waals surface area (Å²) in [6, 6.07) is 15.8. The summed E-state index contributed by atoms with van der Waals surface area (Å²) in [6.07, 6.45) is 1.60. The fourth-order valence-corrected chi connectivity index (χ4v) is 2.52. The van der Waals surface area contributed by atoms with Gasteiger partial charge in [-0.2, -0.15) is 5.26 Å². The van der Waals surface area contributed by atoms with E-state index in [1.807, 2.05) is 61.5 Å². The molecule has 6 heteroatoms. The van der Waals surface area contributed by atoms with Gasteiger partial charge in [-0.15, -0.1) is 12.4 Å². The molecule has 0 atom stereocenters. The van der Waals surface area contributed by atoms with E-state index in [4.69, 9.17) is 4.74 Å². The maximum atomic E-state index is 9.47. The van der Waals surface area contributed by atoms with Crippen molar-refractivity contribution in [2.45, 2.75) is 0 Å². The lowest BCUT2D eigenvalue weighted by Crippen LogP contribution is -2.08. The van der Waals surface area contributed by atoms with Crippen LogP contribution in [0.4, 0.5) is 17.1 Å². The molecular weight excluding hydrogens is 336 g/mol. The van der Waals surface area contributed by atoms with Crippen LogP contribution in [0.1, 0.15) is 5.56 Å². The molecule has 0 radical (unpaired) electrons. The second-order valence-corrected chi connectivity index (χ2v) is 5.61. The number of nitrogens with one attached hydrogen (secondary N) is 1. The Morgan fingerprint density at radius 2 is 1.96 bits per heavy atom. The molecule has 0 amide bonds. The minimum absolute atomic E-state index is 0. The van der Waals surface area contributed by atoms with Crippen molar-refractivity contribution in [2.24, 2.45) is 0 Å². The zero-order chi connectivity index (χ0) is 17.1. The van der Waals surface area contributed by atoms with E-state index in [-0.39, 0.29) is 12.4 Å². The third-order valence-corrected chi connectivity index (χ3v) is 3.83. The predicted octanol–water partition coefficient (Wildman–Crippen LogP) is 4.35. The number of pyridine rings is 1. The van der Waals surface area contributed by atoms with Gasteiger partial charge in [-0.1, -0.05) is 6.07 Å². The quantitative estimate of drug-likeness (QED) is 0.754. The van der Waals surface area contributed by atoms with E-state index in [9.17, 15) is 5.26 Å². The average molecular weight is 355 g/mol. The van der Waals surface area contributed by atoms with Crippen molar-refractivity contribution >= 4 is 40.4 Å². The third-order valence-electron chi connectivity index (χ3n) is 3.83. The van der Waals surface area contributed by atoms with Gasteiger partial charge in [-0.3, -0.25) is 4.98 Å². The van der Waals surface area contributed by atoms with Gasteiger partial charge in [0.05, 0.1) is 23.9 Å². The fraction of sp³-hybridized carbons (Fsp3) is 0.158. The van der Waals surface area contributed by atoms with E-state index >= 15 is 0 Å². The molecule has 0 aliphatic carbocycles. The second-order valence-electron chi connectivity index (χ2n) is 5.61. The Bertz CT molecular complexity index is 934. The number of nitriles is 1. The molecule has 0 unspecified atom stereocenters. The highest BCUT2D eigenvalue weighted by molar-refractivity contribution is 5.97. The number of hydrogen-bond acceptors (Lipinski definition) is 5. The number of ether oxygens (including phenoxy) is 1. The minimum atomic E-state index is 0. The highest BCUT2D eigenvalue weighted by Gasteiger charge is 2.11. The van der Waals surface area contributed by atoms with Crippen LogP contribution in [-0.4, -0.2) is 26.2 Å². The van der Waals surface area contributed by atoms with Crippen LogP contribution in [0, 0.1) is 11.3 Å². The maximum Gasteiger partial charge on any atom is 0.120 e. The van der Waals surface area contributed by atoms with Gasteiger partial charge in [0.2, 0.25) is 0 Å². The van der Waals surface area contributed by atoms with E-state index in [0.717, 1.165) is 33.7 Å². The Morgan fingerprint density at radius 3 is 2.64 bits per heavy atom. The Balaban J connectivity index is 0.00000225. The topological polar surface area (TPSA) is 61.2 Å². The first-order valence-corrected chi connectivity index (χ1v) is 7.53. The van der Waals surface area contributed by atoms with Crippen LogP contribution in [0.15, 0.2) is 48.7 Å². The largest absolute Gasteiger partial charge is 0.497 e. The molecule has 0 bridgehead atoms. The number of benzene rings is 2. The molecule has 3 rings (SSSR count). The molecule has 0 spiro atoms. The number of methoxy groups -OCH3 is 1. The summed E-state index contributed by atoms with van der Waals surface area (Å²) in [5.74, 6) is 0.755. The predicted molar refractivity (Wildman–Crippen MR) is 104 cm³/mol. The first-order valence-electron chi connectivity index (χ1n) is 7.53. The van der Waals surface area contributed by atoms with Crippen molar-refractivity contribution < 1.29 is 4.74 Å². The molecule has 25 heavy (non-hydrogen) atoms. The molecule has 0 saturated heterocycles. The van der Waals surface area contributed by atoms with Crippen LogP contribution in [-0.2, 0) is 0 Å². The number of anilines is 3. The Kier molecular flexibility index (Phi) is 5.68. The van der Waals surface area contributed by atoms with E-state index in [1.54, 1.807) is 13.3 Å². The molecule has 128 valence electrons. The summed E-state index contributed by atoms with van der Waals surface area (Å²) < 4.78 is 5.26. The molecule has 0 saturated carbocycles. The zero-order valence-electron chi connectivity index (χ0n) is 14.3. The van der Waals surface area contributed by atoms with Gasteiger partial charge < -0.3 is 15.0 Å². The van der Waals surface area contributed by atoms with E-state index in [0.29, 0.717) is 5.56 Å². The van der Waals surface area contributed by atoms with Gasteiger partial charge in [-0.25, -0.2) is 0 Å². The standard InChI is InChI=1S/C19H18N4O.ClH/c1-23(2)15-7-8-18-17(10-15)19(13(11-20)12-21-18)22-14-5-4-6-16(9-14)24-3;/h4-10,12H,1-3H3,(H,21,22);1H. The molecule has 0 aliphatic rings. The maximum absolute atomic E-state index is 9.47. The number of hydrogen-bond donors (Lipinski definition) is 1. The molecule has 5 nitrogen and oxygen atoms in total. The third kappa shape index (κ3) is 3.76. The lowest BCUT2D eigenvalue weighted by Gasteiger charge is -2.16. The van der Waals surface area contributed by atoms with Crippen molar-refractivity contribution in [1.82, 2.24) is 4.98 Å². The number of rotatable bonds is 4. The average Bonchev–Trinajstić information content (AvgIpc) is 2.61. The number of nitrogens with zero attached hydrogens (tertiary/aromatic N) is 3. The van der Waals surface area contributed by atoms with Crippen LogP contribution in [0.25, 0.3) is 10.9 Å². The van der Waals surface area contributed by atoms with Gasteiger partial charge in [0.15, 0.2) is 0 Å². The second kappa shape index (κ2) is 7.73. The fourth-order valence-electron chi connectivity index (χ4n) is 2.52. The van der Waals surface area contributed by atoms with Crippen molar-refractivity contribution in [2.75, 3.05) is 31.4 Å². The summed E-state index contributed by atoms with van der Waals surface area (Å²) in [4.78, 5) is 6.40. The van der Waals surface area contributed by atoms with Crippen LogP contribution in [0.5, 0.6) is 5.75 Å². The van der Waals surface area contributed by atoms with Crippen molar-refractivity contribution in [3.63, 3.8) is 0 Å². The number of fused-ring (bicyclic) bond motifs is 1. The number of aromatic nitrogens is 1. The lowest BCUT2D eigenvalue weighted by molar-refractivity contribution is 0.415. The molecular formula is C19H19ClN4O. The SMILES string of the molecule is COc1cccc(Nc2c(C#N)cnc3ccc(N(C)C)cc23)c1.Cl. The zero-order valence-corrected chi connectivity index (χ0v) is 15.1. The summed E-state index contributed by atoms with van der Waals surface area (Å²) in [5, 5.41) is 13.7. The van der Waals surface area contributed by atoms with Crippen molar-refractivity contribution in [1.29, 1.82) is 5.26 Å². The Hall–Kier alpha value is -2.97. The normalized spacial score (nSPS) is 9.84. The Morgan fingerprint density at radius 1 is 1.16 bits per heavy atom. The first-order chi connectivity index (χ1) is 11.6. The van der Waals surface area contributed by atoms with E-state index in [1.165, 1.54) is 0 Å². The van der Waals surface area contributed by atoms with Gasteiger partial charge in [0.1, 0.15) is 11.8 Å². The van der Waals surface area contributed by atoms with E-state index in [2.05, 4.69) is 16.4 Å². The Labute approximate surface area is 153 Å². The van der Waals surface area contributed by atoms with Crippen LogP contribution in [0.2, 0.25) is 0 Å². The molecule has 2 aromatic carbocycles. The molecule has 3 aromatic rings. The van der Waals surface area contributed by atoms with Crippen LogP contribution >= 0.6 is 12.4 Å². The monoisotopic (exact) mass is 354 g/mol. The number of halogens is 1. The van der Waals surface area contributed by atoms with Crippen LogP contribution < -0.4 is 15.0 Å². The summed E-state index contributed by atoms with van der Waals surface area (Å²) in [7, 11) is 5.60. The van der Waals surface area contributed by atoms with E-state index < -0.39 is 0 Å². The van der Waals surface area contributed by atoms with Gasteiger partial charge in [0.25, 0.3) is 0 Å². The van der Waals surface area contributed by atoms with Crippen molar-refractivity contribution in [3.8, 4) is 11.8 Å². The first kappa shape index (κ1) is 18.4. The summed E-state index contributed by atoms with van der Waals surface area (Å²) >= 11 is 0. The highest BCUT2D eigenvalue weighted by atomic mass is 35.5. The molecule has 1 heterocycles. The highest BCUT2D eigenvalue weighted by Crippen LogP contribution is 2.32. The van der Waals surface area contributed by atoms with Gasteiger partial charge >= 0.3 is 0 Å².